The number of pyridine rings is 1. The van der Waals surface area contributed by atoms with E-state index in [4.69, 9.17) is 11.6 Å². The minimum Gasteiger partial charge on any atom is -0.348 e. The minimum absolute atomic E-state index is 0.0115. The first kappa shape index (κ1) is 24.9. The molecule has 1 unspecified atom stereocenters. The van der Waals surface area contributed by atoms with E-state index in [1.807, 2.05) is 19.9 Å². The van der Waals surface area contributed by atoms with Crippen LogP contribution in [0.1, 0.15) is 77.3 Å². The highest BCUT2D eigenvalue weighted by molar-refractivity contribution is 6.30. The molecule has 0 radical (unpaired) electrons. The Balaban J connectivity index is 1.08. The molecule has 1 aromatic carbocycles. The predicted molar refractivity (Wildman–Crippen MR) is 136 cm³/mol. The highest BCUT2D eigenvalue weighted by Crippen LogP contribution is 2.47. The molecule has 1 N–H and O–H groups in total. The second-order valence-corrected chi connectivity index (χ2v) is 11.1. The molecule has 198 valence electrons. The van der Waals surface area contributed by atoms with Crippen LogP contribution in [0, 0.1) is 18.8 Å². The van der Waals surface area contributed by atoms with Gasteiger partial charge >= 0.3 is 0 Å². The summed E-state index contributed by atoms with van der Waals surface area (Å²) in [6, 6.07) is 5.98. The third-order valence-corrected chi connectivity index (χ3v) is 8.36. The number of aromatic nitrogens is 4. The van der Waals surface area contributed by atoms with Gasteiger partial charge in [-0.05, 0) is 79.8 Å². The van der Waals surface area contributed by atoms with E-state index < -0.39 is 6.43 Å². The topological polar surface area (TPSA) is 93.0 Å². The van der Waals surface area contributed by atoms with E-state index in [1.54, 1.807) is 28.0 Å². The van der Waals surface area contributed by atoms with E-state index in [0.717, 1.165) is 24.1 Å². The molecule has 0 bridgehead atoms. The number of nitrogens with zero attached hydrogens (tertiary/aromatic N) is 5. The first-order valence-corrected chi connectivity index (χ1v) is 13.2. The van der Waals surface area contributed by atoms with E-state index in [0.29, 0.717) is 35.2 Å². The molecule has 6 rings (SSSR count). The van der Waals surface area contributed by atoms with Gasteiger partial charge in [0.15, 0.2) is 5.69 Å². The molecule has 8 nitrogen and oxygen atoms in total. The summed E-state index contributed by atoms with van der Waals surface area (Å²) in [5.74, 6) is 1.04. The Kier molecular flexibility index (Phi) is 6.17. The fourth-order valence-corrected chi connectivity index (χ4v) is 5.86. The van der Waals surface area contributed by atoms with Crippen LogP contribution in [0.2, 0.25) is 5.02 Å². The third-order valence-electron chi connectivity index (χ3n) is 8.12. The average molecular weight is 541 g/mol. The number of amides is 2. The van der Waals surface area contributed by atoms with Crippen LogP contribution in [-0.4, -0.2) is 44.4 Å². The standard InChI is InChI=1S/C27H27ClF2N6O2/c1-13-5-24(35-11-16-8-21(16)27(35)38)31-10-22(13)14(2)36-12-23(33-34-36)26(37)32-18-6-15(7-18)20-9-17(28)3-4-19(20)25(29)30/h3-5,9-10,12,14-16,18,21,25H,6-8,11H2,1-2H3,(H,32,37)/t14?,15?,16-,18?,21-/m1/s1. The molecule has 1 aliphatic heterocycles. The summed E-state index contributed by atoms with van der Waals surface area (Å²) in [6.45, 7) is 4.65. The molecule has 11 heteroatoms. The number of nitrogens with one attached hydrogen (secondary N) is 1. The highest BCUT2D eigenvalue weighted by atomic mass is 35.5. The predicted octanol–water partition coefficient (Wildman–Crippen LogP) is 4.84. The Morgan fingerprint density at radius 3 is 2.66 bits per heavy atom. The number of carbonyl (C=O) groups excluding carboxylic acids is 2. The number of halogens is 3. The number of hydrogen-bond donors (Lipinski definition) is 1. The quantitative estimate of drug-likeness (QED) is 0.463. The van der Waals surface area contributed by atoms with Crippen LogP contribution in [0.5, 0.6) is 0 Å². The molecule has 2 aromatic heterocycles. The molecule has 3 aliphatic rings. The Bertz CT molecular complexity index is 1420. The minimum atomic E-state index is -2.57. The molecule has 3 fully saturated rings. The fraction of sp³-hybridized carbons (Fsp3) is 0.444. The number of fused-ring (bicyclic) bond motifs is 1. The van der Waals surface area contributed by atoms with Crippen LogP contribution >= 0.6 is 11.6 Å². The van der Waals surface area contributed by atoms with Gasteiger partial charge in [0.05, 0.1) is 12.2 Å². The number of carbonyl (C=O) groups is 2. The Morgan fingerprint density at radius 1 is 1.18 bits per heavy atom. The normalized spacial score (nSPS) is 24.8. The molecule has 2 aliphatic carbocycles. The summed E-state index contributed by atoms with van der Waals surface area (Å²) in [5.41, 5.74) is 2.60. The number of alkyl halides is 2. The SMILES string of the molecule is Cc1cc(N2C[C@H]3C[C@H]3C2=O)ncc1C(C)n1cc(C(=O)NC2CC(c3cc(Cl)ccc3C(F)F)C2)nn1. The van der Waals surface area contributed by atoms with Crippen molar-refractivity contribution in [3.05, 3.63) is 69.6 Å². The number of anilines is 1. The Labute approximate surface area is 223 Å². The molecular weight excluding hydrogens is 514 g/mol. The third kappa shape index (κ3) is 4.44. The van der Waals surface area contributed by atoms with Gasteiger partial charge in [0.1, 0.15) is 5.82 Å². The van der Waals surface area contributed by atoms with Crippen molar-refractivity contribution in [2.75, 3.05) is 11.4 Å². The molecule has 1 saturated heterocycles. The summed E-state index contributed by atoms with van der Waals surface area (Å²) in [7, 11) is 0. The maximum atomic E-state index is 13.4. The average Bonchev–Trinajstić information content (AvgIpc) is 3.31. The maximum absolute atomic E-state index is 13.4. The number of piperidine rings is 1. The molecule has 3 heterocycles. The van der Waals surface area contributed by atoms with Gasteiger partial charge in [0, 0.05) is 35.3 Å². The summed E-state index contributed by atoms with van der Waals surface area (Å²) in [5, 5.41) is 11.5. The lowest BCUT2D eigenvalue weighted by Gasteiger charge is -2.37. The van der Waals surface area contributed by atoms with Crippen LogP contribution in [-0.2, 0) is 4.79 Å². The lowest BCUT2D eigenvalue weighted by atomic mass is 9.74. The van der Waals surface area contributed by atoms with Crippen molar-refractivity contribution in [3.8, 4) is 0 Å². The van der Waals surface area contributed by atoms with Crippen molar-refractivity contribution in [1.29, 1.82) is 0 Å². The maximum Gasteiger partial charge on any atom is 0.273 e. The first-order valence-electron chi connectivity index (χ1n) is 12.8. The largest absolute Gasteiger partial charge is 0.348 e. The van der Waals surface area contributed by atoms with E-state index in [2.05, 4.69) is 20.6 Å². The second kappa shape index (κ2) is 9.41. The summed E-state index contributed by atoms with van der Waals surface area (Å²) >= 11 is 6.03. The van der Waals surface area contributed by atoms with E-state index in [1.165, 1.54) is 12.1 Å². The molecular formula is C27H27ClF2N6O2. The van der Waals surface area contributed by atoms with Gasteiger partial charge in [0.2, 0.25) is 5.91 Å². The van der Waals surface area contributed by atoms with Gasteiger partial charge < -0.3 is 5.32 Å². The molecule has 38 heavy (non-hydrogen) atoms. The number of hydrogen-bond acceptors (Lipinski definition) is 5. The lowest BCUT2D eigenvalue weighted by Crippen LogP contribution is -2.43. The van der Waals surface area contributed by atoms with Gasteiger partial charge in [0.25, 0.3) is 12.3 Å². The van der Waals surface area contributed by atoms with Gasteiger partial charge in [-0.3, -0.25) is 14.5 Å². The molecule has 0 spiro atoms. The first-order chi connectivity index (χ1) is 18.2. The van der Waals surface area contributed by atoms with Gasteiger partial charge in [-0.1, -0.05) is 22.9 Å². The van der Waals surface area contributed by atoms with Crippen LogP contribution in [0.4, 0.5) is 14.6 Å². The monoisotopic (exact) mass is 540 g/mol. The van der Waals surface area contributed by atoms with Crippen molar-refractivity contribution in [1.82, 2.24) is 25.3 Å². The van der Waals surface area contributed by atoms with Crippen molar-refractivity contribution < 1.29 is 18.4 Å². The zero-order valence-corrected chi connectivity index (χ0v) is 21.7. The molecule has 3 aromatic rings. The van der Waals surface area contributed by atoms with Crippen molar-refractivity contribution in [3.63, 3.8) is 0 Å². The van der Waals surface area contributed by atoms with Crippen LogP contribution in [0.3, 0.4) is 0 Å². The lowest BCUT2D eigenvalue weighted by molar-refractivity contribution is -0.118. The molecule has 3 atom stereocenters. The zero-order valence-electron chi connectivity index (χ0n) is 20.9. The van der Waals surface area contributed by atoms with Gasteiger partial charge in [-0.2, -0.15) is 0 Å². The van der Waals surface area contributed by atoms with E-state index in [9.17, 15) is 18.4 Å². The summed E-state index contributed by atoms with van der Waals surface area (Å²) in [6.07, 6.45) is 2.87. The zero-order chi connectivity index (χ0) is 26.7. The van der Waals surface area contributed by atoms with E-state index in [-0.39, 0.29) is 47.0 Å². The van der Waals surface area contributed by atoms with Crippen LogP contribution in [0.25, 0.3) is 0 Å². The number of aryl methyl sites for hydroxylation is 1. The Hall–Kier alpha value is -3.40. The van der Waals surface area contributed by atoms with Gasteiger partial charge in [-0.25, -0.2) is 18.4 Å². The number of benzene rings is 1. The van der Waals surface area contributed by atoms with E-state index >= 15 is 0 Å². The van der Waals surface area contributed by atoms with Gasteiger partial charge in [-0.15, -0.1) is 5.10 Å². The number of rotatable bonds is 7. The fourth-order valence-electron chi connectivity index (χ4n) is 5.68. The second-order valence-electron chi connectivity index (χ2n) is 10.6. The molecule has 2 saturated carbocycles. The van der Waals surface area contributed by atoms with Crippen LogP contribution in [0.15, 0.2) is 36.7 Å². The van der Waals surface area contributed by atoms with Crippen molar-refractivity contribution in [2.45, 2.75) is 57.5 Å². The van der Waals surface area contributed by atoms with Crippen molar-refractivity contribution >= 4 is 29.2 Å². The van der Waals surface area contributed by atoms with Crippen molar-refractivity contribution in [2.24, 2.45) is 11.8 Å². The Morgan fingerprint density at radius 2 is 1.97 bits per heavy atom. The molecule has 2 amide bonds. The summed E-state index contributed by atoms with van der Waals surface area (Å²) in [4.78, 5) is 31.5. The van der Waals surface area contributed by atoms with Crippen LogP contribution < -0.4 is 10.2 Å². The smallest absolute Gasteiger partial charge is 0.273 e. The summed E-state index contributed by atoms with van der Waals surface area (Å²) < 4.78 is 28.4. The highest BCUT2D eigenvalue weighted by Gasteiger charge is 2.52.